The number of esters is 1. The summed E-state index contributed by atoms with van der Waals surface area (Å²) in [6, 6.07) is 8.99. The summed E-state index contributed by atoms with van der Waals surface area (Å²) >= 11 is 0. The van der Waals surface area contributed by atoms with Gasteiger partial charge in [-0.05, 0) is 44.7 Å². The van der Waals surface area contributed by atoms with Gasteiger partial charge in [-0.1, -0.05) is 31.5 Å². The molecule has 1 aliphatic rings. The number of unbranched alkanes of at least 4 members (excludes halogenated alkanes) is 1. The summed E-state index contributed by atoms with van der Waals surface area (Å²) in [5, 5.41) is 0. The summed E-state index contributed by atoms with van der Waals surface area (Å²) in [5.74, 6) is -0.0790. The molecular formula is C18H24O3. The quantitative estimate of drug-likeness (QED) is 0.738. The van der Waals surface area contributed by atoms with Crippen molar-refractivity contribution in [1.82, 2.24) is 0 Å². The molecule has 114 valence electrons. The molecule has 3 heteroatoms. The minimum atomic E-state index is -0.500. The lowest BCUT2D eigenvalue weighted by Gasteiger charge is -2.29. The lowest BCUT2D eigenvalue weighted by atomic mass is 9.80. The Hall–Kier alpha value is -1.64. The van der Waals surface area contributed by atoms with E-state index in [1.54, 1.807) is 12.1 Å². The molecule has 2 atom stereocenters. The lowest BCUT2D eigenvalue weighted by molar-refractivity contribution is -0.132. The van der Waals surface area contributed by atoms with Crippen LogP contribution in [-0.4, -0.2) is 17.9 Å². The van der Waals surface area contributed by atoms with Crippen molar-refractivity contribution < 1.29 is 14.3 Å². The highest BCUT2D eigenvalue weighted by Crippen LogP contribution is 2.42. The van der Waals surface area contributed by atoms with Crippen molar-refractivity contribution in [3.63, 3.8) is 0 Å². The second-order valence-corrected chi connectivity index (χ2v) is 6.10. The largest absolute Gasteiger partial charge is 0.458 e. The maximum Gasteiger partial charge on any atom is 0.338 e. The van der Waals surface area contributed by atoms with E-state index in [0.717, 1.165) is 32.1 Å². The van der Waals surface area contributed by atoms with Crippen LogP contribution in [0.15, 0.2) is 30.3 Å². The van der Waals surface area contributed by atoms with Gasteiger partial charge in [0, 0.05) is 6.42 Å². The van der Waals surface area contributed by atoms with Crippen molar-refractivity contribution in [2.24, 2.45) is 5.41 Å². The van der Waals surface area contributed by atoms with E-state index in [-0.39, 0.29) is 17.9 Å². The van der Waals surface area contributed by atoms with Crippen molar-refractivity contribution >= 4 is 11.8 Å². The van der Waals surface area contributed by atoms with Gasteiger partial charge in [0.1, 0.15) is 11.9 Å². The molecule has 1 aromatic rings. The van der Waals surface area contributed by atoms with Crippen LogP contribution in [0.1, 0.15) is 62.7 Å². The monoisotopic (exact) mass is 288 g/mol. The molecule has 0 spiro atoms. The predicted molar refractivity (Wildman–Crippen MR) is 82.1 cm³/mol. The summed E-state index contributed by atoms with van der Waals surface area (Å²) < 4.78 is 5.65. The van der Waals surface area contributed by atoms with E-state index in [4.69, 9.17) is 4.74 Å². The van der Waals surface area contributed by atoms with Crippen LogP contribution < -0.4 is 0 Å². The Bertz CT molecular complexity index is 494. The Morgan fingerprint density at radius 3 is 2.67 bits per heavy atom. The fraction of sp³-hybridized carbons (Fsp3) is 0.556. The number of ether oxygens (including phenoxy) is 1. The van der Waals surface area contributed by atoms with E-state index >= 15 is 0 Å². The number of rotatable bonds is 6. The van der Waals surface area contributed by atoms with E-state index in [1.165, 1.54) is 0 Å². The van der Waals surface area contributed by atoms with E-state index in [1.807, 2.05) is 25.1 Å². The molecule has 0 bridgehead atoms. The molecule has 0 aromatic heterocycles. The molecular weight excluding hydrogens is 264 g/mol. The van der Waals surface area contributed by atoms with E-state index in [9.17, 15) is 9.59 Å². The third-order valence-electron chi connectivity index (χ3n) is 4.53. The minimum Gasteiger partial charge on any atom is -0.458 e. The molecule has 0 radical (unpaired) electrons. The fourth-order valence-electron chi connectivity index (χ4n) is 3.04. The zero-order valence-electron chi connectivity index (χ0n) is 12.9. The van der Waals surface area contributed by atoms with Gasteiger partial charge in [-0.3, -0.25) is 4.79 Å². The summed E-state index contributed by atoms with van der Waals surface area (Å²) in [5.41, 5.74) is 0.0485. The average Bonchev–Trinajstić information content (AvgIpc) is 2.88. The molecule has 1 saturated carbocycles. The Kier molecular flexibility index (Phi) is 5.16. The number of hydrogen-bond acceptors (Lipinski definition) is 3. The Morgan fingerprint density at radius 1 is 1.29 bits per heavy atom. The van der Waals surface area contributed by atoms with Crippen molar-refractivity contribution in [3.05, 3.63) is 35.9 Å². The summed E-state index contributed by atoms with van der Waals surface area (Å²) in [6.07, 6.45) is 4.78. The molecule has 0 saturated heterocycles. The number of ketones is 1. The van der Waals surface area contributed by atoms with Crippen LogP contribution in [0.25, 0.3) is 0 Å². The van der Waals surface area contributed by atoms with Crippen LogP contribution in [0.5, 0.6) is 0 Å². The topological polar surface area (TPSA) is 43.4 Å². The maximum atomic E-state index is 12.5. The first-order valence-electron chi connectivity index (χ1n) is 7.87. The Labute approximate surface area is 126 Å². The van der Waals surface area contributed by atoms with Gasteiger partial charge in [-0.15, -0.1) is 0 Å². The molecule has 2 rings (SSSR count). The standard InChI is InChI=1S/C18H24O3/c1-3-4-11-15(19)18(2)13-8-12-16(18)21-17(20)14-9-6-5-7-10-14/h5-7,9-10,16H,3-4,8,11-13H2,1-2H3/t16-,18-/m1/s1. The van der Waals surface area contributed by atoms with Crippen LogP contribution in [-0.2, 0) is 9.53 Å². The molecule has 21 heavy (non-hydrogen) atoms. The first-order chi connectivity index (χ1) is 10.1. The van der Waals surface area contributed by atoms with E-state index in [2.05, 4.69) is 6.92 Å². The van der Waals surface area contributed by atoms with Crippen LogP contribution in [0, 0.1) is 5.41 Å². The molecule has 1 aliphatic carbocycles. The van der Waals surface area contributed by atoms with Crippen molar-refractivity contribution in [1.29, 1.82) is 0 Å². The number of carbonyl (C=O) groups is 2. The van der Waals surface area contributed by atoms with Gasteiger partial charge in [-0.2, -0.15) is 0 Å². The Morgan fingerprint density at radius 2 is 2.00 bits per heavy atom. The zero-order valence-corrected chi connectivity index (χ0v) is 12.9. The normalized spacial score (nSPS) is 24.8. The highest BCUT2D eigenvalue weighted by atomic mass is 16.5. The van der Waals surface area contributed by atoms with Crippen LogP contribution in [0.4, 0.5) is 0 Å². The third kappa shape index (κ3) is 3.52. The van der Waals surface area contributed by atoms with E-state index in [0.29, 0.717) is 12.0 Å². The molecule has 0 aliphatic heterocycles. The number of carbonyl (C=O) groups excluding carboxylic acids is 2. The number of Topliss-reactive ketones (excluding diaryl/α,β-unsaturated/α-hetero) is 1. The molecule has 1 fully saturated rings. The summed E-state index contributed by atoms with van der Waals surface area (Å²) in [6.45, 7) is 4.04. The van der Waals surface area contributed by atoms with Crippen LogP contribution in [0.2, 0.25) is 0 Å². The highest BCUT2D eigenvalue weighted by Gasteiger charge is 2.46. The van der Waals surface area contributed by atoms with Gasteiger partial charge in [0.25, 0.3) is 0 Å². The number of hydrogen-bond donors (Lipinski definition) is 0. The highest BCUT2D eigenvalue weighted by molar-refractivity contribution is 5.90. The van der Waals surface area contributed by atoms with Crippen LogP contribution in [0.3, 0.4) is 0 Å². The fourth-order valence-corrected chi connectivity index (χ4v) is 3.04. The minimum absolute atomic E-state index is 0.243. The van der Waals surface area contributed by atoms with Gasteiger partial charge in [0.15, 0.2) is 0 Å². The second-order valence-electron chi connectivity index (χ2n) is 6.10. The molecule has 0 unspecified atom stereocenters. The first-order valence-corrected chi connectivity index (χ1v) is 7.87. The molecule has 1 aromatic carbocycles. The van der Waals surface area contributed by atoms with Gasteiger partial charge >= 0.3 is 5.97 Å². The number of benzene rings is 1. The van der Waals surface area contributed by atoms with Crippen molar-refractivity contribution in [2.45, 2.75) is 58.5 Å². The molecule has 3 nitrogen and oxygen atoms in total. The average molecular weight is 288 g/mol. The summed E-state index contributed by atoms with van der Waals surface area (Å²) in [7, 11) is 0. The third-order valence-corrected chi connectivity index (χ3v) is 4.53. The molecule has 0 N–H and O–H groups in total. The summed E-state index contributed by atoms with van der Waals surface area (Å²) in [4.78, 5) is 24.7. The lowest BCUT2D eigenvalue weighted by Crippen LogP contribution is -2.38. The first kappa shape index (κ1) is 15.7. The smallest absolute Gasteiger partial charge is 0.338 e. The van der Waals surface area contributed by atoms with E-state index < -0.39 is 5.41 Å². The molecule has 0 amide bonds. The van der Waals surface area contributed by atoms with Gasteiger partial charge in [0.05, 0.1) is 11.0 Å². The second kappa shape index (κ2) is 6.88. The Balaban J connectivity index is 2.05. The van der Waals surface area contributed by atoms with Crippen molar-refractivity contribution in [2.75, 3.05) is 0 Å². The van der Waals surface area contributed by atoms with Gasteiger partial charge in [-0.25, -0.2) is 4.79 Å². The molecule has 0 heterocycles. The SMILES string of the molecule is CCCCC(=O)[C@@]1(C)CCC[C@H]1OC(=O)c1ccccc1. The predicted octanol–water partition coefficient (Wildman–Crippen LogP) is 4.16. The zero-order chi connectivity index (χ0) is 15.3. The van der Waals surface area contributed by atoms with Crippen LogP contribution >= 0.6 is 0 Å². The maximum absolute atomic E-state index is 12.5. The van der Waals surface area contributed by atoms with Gasteiger partial charge in [0.2, 0.25) is 0 Å². The van der Waals surface area contributed by atoms with Gasteiger partial charge < -0.3 is 4.74 Å². The van der Waals surface area contributed by atoms with Crippen molar-refractivity contribution in [3.8, 4) is 0 Å².